The molecular weight excluding hydrogens is 212 g/mol. The Balaban J connectivity index is 0.000000291. The number of rotatable bonds is 0. The summed E-state index contributed by atoms with van der Waals surface area (Å²) in [6.45, 7) is 0. The Bertz CT molecular complexity index is 146. The molecule has 1 rings (SSSR count). The summed E-state index contributed by atoms with van der Waals surface area (Å²) in [5, 5.41) is 0.238. The number of halogens is 2. The fourth-order valence-electron chi connectivity index (χ4n) is 0.252. The van der Waals surface area contributed by atoms with Crippen molar-refractivity contribution in [1.82, 2.24) is 9.97 Å². The molecule has 0 atom stereocenters. The van der Waals surface area contributed by atoms with Gasteiger partial charge in [0.15, 0.2) is 0 Å². The molecule has 1 aromatic heterocycles. The number of nitrogens with zero attached hydrogens (tertiary/aromatic N) is 2. The van der Waals surface area contributed by atoms with E-state index < -0.39 is 0 Å². The van der Waals surface area contributed by atoms with Gasteiger partial charge in [-0.3, -0.25) is 0 Å². The van der Waals surface area contributed by atoms with Gasteiger partial charge in [-0.15, -0.1) is 17.7 Å². The first-order valence-electron chi connectivity index (χ1n) is 2.01. The van der Waals surface area contributed by atoms with Crippen LogP contribution < -0.4 is 0 Å². The van der Waals surface area contributed by atoms with Crippen LogP contribution in [0.25, 0.3) is 0 Å². The van der Waals surface area contributed by atoms with Crippen molar-refractivity contribution in [3.05, 3.63) is 23.7 Å². The van der Waals surface area contributed by atoms with Gasteiger partial charge >= 0.3 is 27.0 Å². The Morgan fingerprint density at radius 2 is 2.22 bits per heavy atom. The second-order valence-electron chi connectivity index (χ2n) is 0.955. The third-order valence-electron chi connectivity index (χ3n) is 0.487. The molecule has 0 unspecified atom stereocenters. The Hall–Kier alpha value is 0.283. The number of hydrogen-bond donors (Lipinski definition) is 0. The zero-order valence-electron chi connectivity index (χ0n) is 4.51. The van der Waals surface area contributed by atoms with Crippen molar-refractivity contribution in [3.8, 4) is 0 Å². The van der Waals surface area contributed by atoms with E-state index in [1.54, 1.807) is 6.07 Å². The first-order chi connectivity index (χ1) is 4.39. The van der Waals surface area contributed by atoms with Crippen LogP contribution >= 0.6 is 21.3 Å². The molecule has 0 aliphatic carbocycles. The molecular formula is C4H2Cl2N2Zn. The second kappa shape index (κ2) is 6.40. The molecule has 0 radical (unpaired) electrons. The standard InChI is InChI=1S/C4H2ClN2.ClH.Zn/c5-4-6-2-1-3-7-4;;/h1-2H;1H;/q-1;;+2/p-1. The van der Waals surface area contributed by atoms with Gasteiger partial charge in [-0.1, -0.05) is 12.4 Å². The fourth-order valence-corrected chi connectivity index (χ4v) is 0.357. The van der Waals surface area contributed by atoms with Crippen LogP contribution in [-0.4, -0.2) is 9.97 Å². The molecule has 1 aromatic rings. The van der Waals surface area contributed by atoms with Crippen LogP contribution in [0.2, 0.25) is 5.28 Å². The molecule has 0 aliphatic heterocycles. The molecule has 0 saturated carbocycles. The van der Waals surface area contributed by atoms with E-state index in [2.05, 4.69) is 16.2 Å². The maximum atomic E-state index is 5.29. The molecule has 5 heteroatoms. The fraction of sp³-hybridized carbons (Fsp3) is 0. The minimum absolute atomic E-state index is 0.238. The number of hydrogen-bond acceptors (Lipinski definition) is 2. The maximum absolute atomic E-state index is 5.29. The van der Waals surface area contributed by atoms with Crippen molar-refractivity contribution in [2.75, 3.05) is 0 Å². The summed E-state index contributed by atoms with van der Waals surface area (Å²) in [5.74, 6) is 0. The van der Waals surface area contributed by atoms with Crippen LogP contribution in [0.5, 0.6) is 0 Å². The SMILES string of the molecule is Clc1n[c-]ccn1.[Cl][Zn+]. The van der Waals surface area contributed by atoms with Gasteiger partial charge in [0.25, 0.3) is 0 Å². The van der Waals surface area contributed by atoms with Crippen LogP contribution in [0, 0.1) is 6.20 Å². The van der Waals surface area contributed by atoms with Crippen molar-refractivity contribution in [2.45, 2.75) is 0 Å². The first-order valence-corrected chi connectivity index (χ1v) is 6.28. The van der Waals surface area contributed by atoms with Gasteiger partial charge in [0, 0.05) is 0 Å². The number of aromatic nitrogens is 2. The van der Waals surface area contributed by atoms with Crippen LogP contribution in [-0.2, 0) is 17.3 Å². The monoisotopic (exact) mass is 212 g/mol. The molecule has 0 aromatic carbocycles. The van der Waals surface area contributed by atoms with Gasteiger partial charge in [0.1, 0.15) is 5.28 Å². The summed E-state index contributed by atoms with van der Waals surface area (Å²) >= 11 is 6.13. The van der Waals surface area contributed by atoms with Crippen molar-refractivity contribution >= 4 is 21.3 Å². The van der Waals surface area contributed by atoms with E-state index >= 15 is 0 Å². The summed E-state index contributed by atoms with van der Waals surface area (Å²) in [6.07, 6.45) is 4.05. The molecule has 0 aliphatic rings. The van der Waals surface area contributed by atoms with E-state index in [9.17, 15) is 0 Å². The molecule has 1 heterocycles. The van der Waals surface area contributed by atoms with Crippen molar-refractivity contribution in [1.29, 1.82) is 0 Å². The van der Waals surface area contributed by atoms with Gasteiger partial charge in [-0.2, -0.15) is 0 Å². The van der Waals surface area contributed by atoms with E-state index in [0.717, 1.165) is 17.3 Å². The summed E-state index contributed by atoms with van der Waals surface area (Å²) < 4.78 is 0. The average Bonchev–Trinajstić information content (AvgIpc) is 1.94. The molecule has 0 bridgehead atoms. The van der Waals surface area contributed by atoms with Crippen LogP contribution in [0.15, 0.2) is 12.3 Å². The van der Waals surface area contributed by atoms with E-state index in [0.29, 0.717) is 0 Å². The van der Waals surface area contributed by atoms with Crippen molar-refractivity contribution in [3.63, 3.8) is 0 Å². The van der Waals surface area contributed by atoms with Crippen LogP contribution in [0.3, 0.4) is 0 Å². The molecule has 2 nitrogen and oxygen atoms in total. The molecule has 0 saturated heterocycles. The first kappa shape index (κ1) is 9.28. The van der Waals surface area contributed by atoms with Crippen LogP contribution in [0.4, 0.5) is 0 Å². The molecule has 0 fully saturated rings. The Morgan fingerprint density at radius 1 is 1.56 bits per heavy atom. The third kappa shape index (κ3) is 4.77. The Kier molecular flexibility index (Phi) is 6.61. The molecule has 44 valence electrons. The Morgan fingerprint density at radius 3 is 2.44 bits per heavy atom. The van der Waals surface area contributed by atoms with Gasteiger partial charge in [-0.05, 0) is 0 Å². The Labute approximate surface area is 72.3 Å². The van der Waals surface area contributed by atoms with Gasteiger partial charge in [0.2, 0.25) is 0 Å². The summed E-state index contributed by atoms with van der Waals surface area (Å²) in [5.41, 5.74) is 0. The zero-order valence-corrected chi connectivity index (χ0v) is 8.99. The molecule has 9 heavy (non-hydrogen) atoms. The second-order valence-corrected chi connectivity index (χ2v) is 1.29. The van der Waals surface area contributed by atoms with E-state index in [1.165, 1.54) is 6.20 Å². The third-order valence-corrected chi connectivity index (χ3v) is 0.669. The average molecular weight is 214 g/mol. The molecule has 0 spiro atoms. The van der Waals surface area contributed by atoms with E-state index in [4.69, 9.17) is 21.3 Å². The van der Waals surface area contributed by atoms with E-state index in [-0.39, 0.29) is 5.28 Å². The molecule has 0 N–H and O–H groups in total. The van der Waals surface area contributed by atoms with Gasteiger partial charge in [0.05, 0.1) is 0 Å². The molecule has 0 amide bonds. The minimum atomic E-state index is 0.238. The predicted molar refractivity (Wildman–Crippen MR) is 31.7 cm³/mol. The summed E-state index contributed by atoms with van der Waals surface area (Å²) in [6, 6.07) is 1.59. The van der Waals surface area contributed by atoms with Crippen LogP contribution in [0.1, 0.15) is 0 Å². The summed E-state index contributed by atoms with van der Waals surface area (Å²) in [4.78, 5) is 7.11. The van der Waals surface area contributed by atoms with Crippen molar-refractivity contribution < 1.29 is 17.3 Å². The zero-order chi connectivity index (χ0) is 7.11. The summed E-state index contributed by atoms with van der Waals surface area (Å²) in [7, 11) is 4.76. The normalized spacial score (nSPS) is 7.56. The topological polar surface area (TPSA) is 25.8 Å². The van der Waals surface area contributed by atoms with Gasteiger partial charge in [-0.25, -0.2) is 0 Å². The quantitative estimate of drug-likeness (QED) is 0.372. The predicted octanol–water partition coefficient (Wildman–Crippen LogP) is 1.62. The van der Waals surface area contributed by atoms with Crippen molar-refractivity contribution in [2.24, 2.45) is 0 Å². The van der Waals surface area contributed by atoms with E-state index in [1.807, 2.05) is 0 Å². The van der Waals surface area contributed by atoms with Gasteiger partial charge < -0.3 is 9.97 Å².